The van der Waals surface area contributed by atoms with Crippen LogP contribution in [0.15, 0.2) is 78.9 Å². The van der Waals surface area contributed by atoms with Gasteiger partial charge in [-0.05, 0) is 34.7 Å². The molecular weight excluding hydrogens is 468 g/mol. The molecule has 188 valence electrons. The van der Waals surface area contributed by atoms with Gasteiger partial charge in [0.2, 0.25) is 0 Å². The Balaban J connectivity index is 0.00000456. The fraction of sp³-hybridized carbons (Fsp3) is 0.323. The van der Waals surface area contributed by atoms with E-state index in [1.807, 2.05) is 30.3 Å². The highest BCUT2D eigenvalue weighted by atomic mass is 35.5. The van der Waals surface area contributed by atoms with Crippen LogP contribution in [0.4, 0.5) is 0 Å². The maximum absolute atomic E-state index is 10.2. The molecule has 0 saturated carbocycles. The quantitative estimate of drug-likeness (QED) is 0.259. The summed E-state index contributed by atoms with van der Waals surface area (Å²) in [5.41, 5.74) is 2.71. The zero-order valence-electron chi connectivity index (χ0n) is 21.5. The number of methoxy groups -OCH3 is 2. The smallest absolute Gasteiger partial charge is 0.161 e. The van der Waals surface area contributed by atoms with Crippen LogP contribution in [0.25, 0.3) is 0 Å². The Hall–Kier alpha value is -3.44. The van der Waals surface area contributed by atoms with Gasteiger partial charge in [0.15, 0.2) is 11.5 Å². The lowest BCUT2D eigenvalue weighted by Crippen LogP contribution is -2.30. The molecule has 1 atom stereocenters. The van der Waals surface area contributed by atoms with Gasteiger partial charge >= 0.3 is 0 Å². The number of nitrogens with zero attached hydrogens (tertiary/aromatic N) is 1. The highest BCUT2D eigenvalue weighted by molar-refractivity contribution is 5.85. The molecule has 0 amide bonds. The van der Waals surface area contributed by atoms with Crippen molar-refractivity contribution in [3.05, 3.63) is 95.6 Å². The Labute approximate surface area is 222 Å². The van der Waals surface area contributed by atoms with E-state index in [0.717, 1.165) is 12.1 Å². The van der Waals surface area contributed by atoms with Crippen LogP contribution in [-0.2, 0) is 5.41 Å². The Kier molecular flexibility index (Phi) is 11.4. The van der Waals surface area contributed by atoms with Crippen molar-refractivity contribution in [2.24, 2.45) is 5.92 Å². The highest BCUT2D eigenvalue weighted by Crippen LogP contribution is 2.39. The number of nitriles is 1. The van der Waals surface area contributed by atoms with Crippen LogP contribution in [0, 0.1) is 29.1 Å². The molecule has 5 heteroatoms. The molecule has 1 unspecified atom stereocenters. The normalized spacial score (nSPS) is 12.0. The van der Waals surface area contributed by atoms with Gasteiger partial charge in [0, 0.05) is 18.9 Å². The second-order valence-corrected chi connectivity index (χ2v) is 8.84. The zero-order chi connectivity index (χ0) is 25.1. The van der Waals surface area contributed by atoms with E-state index in [9.17, 15) is 5.26 Å². The average Bonchev–Trinajstić information content (AvgIpc) is 2.91. The van der Waals surface area contributed by atoms with Crippen LogP contribution in [0.1, 0.15) is 42.9 Å². The Morgan fingerprint density at radius 3 is 1.92 bits per heavy atom. The summed E-state index contributed by atoms with van der Waals surface area (Å²) in [7, 11) is 3.21. The Morgan fingerprint density at radius 1 is 0.833 bits per heavy atom. The molecule has 0 aliphatic rings. The highest BCUT2D eigenvalue weighted by Gasteiger charge is 2.36. The zero-order valence-corrected chi connectivity index (χ0v) is 22.3. The molecule has 0 heterocycles. The van der Waals surface area contributed by atoms with Crippen molar-refractivity contribution in [1.29, 1.82) is 5.26 Å². The van der Waals surface area contributed by atoms with Gasteiger partial charge in [0.1, 0.15) is 0 Å². The number of hydrogen-bond acceptors (Lipinski definition) is 4. The van der Waals surface area contributed by atoms with E-state index in [1.165, 1.54) is 11.1 Å². The number of nitrogens with one attached hydrogen (secondary N) is 1. The third-order valence-electron chi connectivity index (χ3n) is 6.54. The van der Waals surface area contributed by atoms with E-state index < -0.39 is 5.41 Å². The van der Waals surface area contributed by atoms with Crippen molar-refractivity contribution in [3.8, 4) is 29.4 Å². The molecule has 4 nitrogen and oxygen atoms in total. The van der Waals surface area contributed by atoms with Crippen LogP contribution in [-0.4, -0.2) is 27.3 Å². The summed E-state index contributed by atoms with van der Waals surface area (Å²) in [6.07, 6.45) is 0.444. The molecule has 3 aromatic carbocycles. The van der Waals surface area contributed by atoms with Crippen molar-refractivity contribution < 1.29 is 9.47 Å². The van der Waals surface area contributed by atoms with Crippen molar-refractivity contribution in [3.63, 3.8) is 0 Å². The van der Waals surface area contributed by atoms with Crippen LogP contribution in [0.2, 0.25) is 0 Å². The molecule has 3 rings (SSSR count). The first-order valence-electron chi connectivity index (χ1n) is 12.0. The molecule has 36 heavy (non-hydrogen) atoms. The number of ether oxygens (including phenoxy) is 2. The fourth-order valence-electron chi connectivity index (χ4n) is 4.33. The van der Waals surface area contributed by atoms with E-state index in [0.29, 0.717) is 24.5 Å². The maximum Gasteiger partial charge on any atom is 0.161 e. The summed E-state index contributed by atoms with van der Waals surface area (Å²) >= 11 is 0. The van der Waals surface area contributed by atoms with Gasteiger partial charge in [-0.25, -0.2) is 0 Å². The standard InChI is InChI=1S/C31H34N2O2.ClH/c1-24(2)31(23-32,27-17-18-29(34-3)30(21-27)35-4)19-11-12-20-33-22-28(25-13-7-5-8-14-25)26-15-9-6-10-16-26;/h5-10,13-18,21,24,28,33H,19-20,22H2,1-4H3;1H. The SMILES string of the molecule is COc1ccc(C(C#N)(CC#CCNCC(c2ccccc2)c2ccccc2)C(C)C)cc1OC.Cl. The fourth-order valence-corrected chi connectivity index (χ4v) is 4.33. The molecule has 0 radical (unpaired) electrons. The van der Waals surface area contributed by atoms with Crippen LogP contribution >= 0.6 is 12.4 Å². The summed E-state index contributed by atoms with van der Waals surface area (Å²) in [6.45, 7) is 5.46. The van der Waals surface area contributed by atoms with Crippen molar-refractivity contribution in [2.45, 2.75) is 31.6 Å². The van der Waals surface area contributed by atoms with E-state index in [2.05, 4.69) is 85.6 Å². The second-order valence-electron chi connectivity index (χ2n) is 8.84. The first kappa shape index (κ1) is 28.8. The predicted octanol–water partition coefficient (Wildman–Crippen LogP) is 6.36. The predicted molar refractivity (Wildman–Crippen MR) is 149 cm³/mol. The van der Waals surface area contributed by atoms with Gasteiger partial charge in [-0.2, -0.15) is 5.26 Å². The molecular formula is C31H35ClN2O2. The van der Waals surface area contributed by atoms with Gasteiger partial charge in [-0.15, -0.1) is 12.4 Å². The summed E-state index contributed by atoms with van der Waals surface area (Å²) in [5.74, 6) is 8.10. The topological polar surface area (TPSA) is 54.3 Å². The number of halogens is 1. The molecule has 3 aromatic rings. The van der Waals surface area contributed by atoms with E-state index in [4.69, 9.17) is 9.47 Å². The molecule has 1 N–H and O–H groups in total. The Morgan fingerprint density at radius 2 is 1.42 bits per heavy atom. The Bertz CT molecular complexity index is 1140. The lowest BCUT2D eigenvalue weighted by molar-refractivity contribution is 0.350. The summed E-state index contributed by atoms with van der Waals surface area (Å²) in [6, 6.07) is 29.3. The molecule has 0 fully saturated rings. The minimum Gasteiger partial charge on any atom is -0.493 e. The molecule has 0 aliphatic heterocycles. The van der Waals surface area contributed by atoms with Gasteiger partial charge in [0.25, 0.3) is 0 Å². The minimum absolute atomic E-state index is 0. The first-order chi connectivity index (χ1) is 17.1. The minimum atomic E-state index is -0.733. The first-order valence-corrected chi connectivity index (χ1v) is 12.0. The second kappa shape index (κ2) is 14.2. The molecule has 0 spiro atoms. The molecule has 0 aromatic heterocycles. The maximum atomic E-state index is 10.2. The van der Waals surface area contributed by atoms with Gasteiger partial charge in [-0.3, -0.25) is 0 Å². The lowest BCUT2D eigenvalue weighted by Gasteiger charge is -2.30. The summed E-state index contributed by atoms with van der Waals surface area (Å²) < 4.78 is 10.8. The third kappa shape index (κ3) is 6.82. The van der Waals surface area contributed by atoms with E-state index in [1.54, 1.807) is 14.2 Å². The number of hydrogen-bond donors (Lipinski definition) is 1. The van der Waals surface area contributed by atoms with Crippen molar-refractivity contribution in [2.75, 3.05) is 27.3 Å². The number of benzene rings is 3. The van der Waals surface area contributed by atoms with E-state index >= 15 is 0 Å². The lowest BCUT2D eigenvalue weighted by atomic mass is 9.70. The van der Waals surface area contributed by atoms with Gasteiger partial charge < -0.3 is 14.8 Å². The van der Waals surface area contributed by atoms with Crippen LogP contribution < -0.4 is 14.8 Å². The molecule has 0 bridgehead atoms. The summed E-state index contributed by atoms with van der Waals surface area (Å²) in [4.78, 5) is 0. The van der Waals surface area contributed by atoms with Gasteiger partial charge in [0.05, 0.1) is 32.2 Å². The third-order valence-corrected chi connectivity index (χ3v) is 6.54. The van der Waals surface area contributed by atoms with Crippen LogP contribution in [0.3, 0.4) is 0 Å². The van der Waals surface area contributed by atoms with Crippen LogP contribution in [0.5, 0.6) is 11.5 Å². The molecule has 0 saturated heterocycles. The largest absolute Gasteiger partial charge is 0.493 e. The van der Waals surface area contributed by atoms with E-state index in [-0.39, 0.29) is 24.2 Å². The monoisotopic (exact) mass is 502 g/mol. The van der Waals surface area contributed by atoms with Crippen molar-refractivity contribution >= 4 is 12.4 Å². The average molecular weight is 503 g/mol. The van der Waals surface area contributed by atoms with Crippen molar-refractivity contribution in [1.82, 2.24) is 5.32 Å². The number of rotatable bonds is 10. The molecule has 0 aliphatic carbocycles. The summed E-state index contributed by atoms with van der Waals surface area (Å²) in [5, 5.41) is 13.7. The van der Waals surface area contributed by atoms with Gasteiger partial charge in [-0.1, -0.05) is 92.4 Å².